The van der Waals surface area contributed by atoms with Crippen molar-refractivity contribution >= 4 is 17.5 Å². The Balaban J connectivity index is 1.44. The molecule has 2 saturated carbocycles. The molecule has 2 aliphatic carbocycles. The second kappa shape index (κ2) is 6.68. The molecule has 0 bridgehead atoms. The molecule has 3 aliphatic rings. The summed E-state index contributed by atoms with van der Waals surface area (Å²) < 4.78 is 0. The van der Waals surface area contributed by atoms with Crippen LogP contribution in [0, 0.1) is 17.3 Å². The Morgan fingerprint density at radius 1 is 1.29 bits per heavy atom. The van der Waals surface area contributed by atoms with Crippen molar-refractivity contribution in [1.82, 2.24) is 10.6 Å². The van der Waals surface area contributed by atoms with E-state index in [0.717, 1.165) is 31.0 Å². The molecule has 130 valence electrons. The first kappa shape index (κ1) is 16.4. The predicted molar refractivity (Wildman–Crippen MR) is 96.9 cm³/mol. The average molecular weight is 347 g/mol. The second-order valence-corrected chi connectivity index (χ2v) is 8.55. The summed E-state index contributed by atoms with van der Waals surface area (Å²) in [6.07, 6.45) is 8.30. The minimum atomic E-state index is 0.122. The largest absolute Gasteiger partial charge is 0.349 e. The fraction of sp³-hybridized carbons (Fsp3) is 0.650. The van der Waals surface area contributed by atoms with E-state index >= 15 is 0 Å². The van der Waals surface area contributed by atoms with Gasteiger partial charge in [-0.1, -0.05) is 36.6 Å². The van der Waals surface area contributed by atoms with Gasteiger partial charge >= 0.3 is 0 Å². The minimum Gasteiger partial charge on any atom is -0.349 e. The third-order valence-corrected chi connectivity index (χ3v) is 6.67. The number of carbonyl (C=O) groups is 1. The molecule has 4 heteroatoms. The van der Waals surface area contributed by atoms with Gasteiger partial charge in [0.15, 0.2) is 0 Å². The molecule has 2 N–H and O–H groups in total. The van der Waals surface area contributed by atoms with E-state index < -0.39 is 0 Å². The van der Waals surface area contributed by atoms with Crippen molar-refractivity contribution in [3.8, 4) is 0 Å². The maximum Gasteiger partial charge on any atom is 0.223 e. The Bertz CT molecular complexity index is 597. The number of hydrogen-bond donors (Lipinski definition) is 2. The van der Waals surface area contributed by atoms with E-state index in [0.29, 0.717) is 11.3 Å². The maximum absolute atomic E-state index is 12.8. The van der Waals surface area contributed by atoms with Crippen LogP contribution < -0.4 is 10.6 Å². The molecule has 0 aromatic heterocycles. The predicted octanol–water partition coefficient (Wildman–Crippen LogP) is 4.08. The molecule has 1 aliphatic heterocycles. The van der Waals surface area contributed by atoms with Crippen LogP contribution in [0.4, 0.5) is 0 Å². The van der Waals surface area contributed by atoms with Gasteiger partial charge in [-0.25, -0.2) is 0 Å². The molecule has 1 spiro atoms. The molecule has 1 aromatic rings. The SMILES string of the molecule is O=C(N[C@H](c1cccc(Cl)c1)C1CCCC1)C1CC2(CCNC2)C1. The summed E-state index contributed by atoms with van der Waals surface area (Å²) in [4.78, 5) is 12.8. The van der Waals surface area contributed by atoms with Gasteiger partial charge in [0.2, 0.25) is 5.91 Å². The van der Waals surface area contributed by atoms with Crippen LogP contribution in [0.2, 0.25) is 5.02 Å². The first-order valence-electron chi connectivity index (χ1n) is 9.42. The maximum atomic E-state index is 12.8. The van der Waals surface area contributed by atoms with E-state index in [1.807, 2.05) is 18.2 Å². The fourth-order valence-corrected chi connectivity index (χ4v) is 5.25. The number of rotatable bonds is 4. The molecule has 0 unspecified atom stereocenters. The van der Waals surface area contributed by atoms with Crippen LogP contribution in [0.15, 0.2) is 24.3 Å². The molecule has 1 heterocycles. The standard InChI is InChI=1S/C20H27ClN2O/c21-17-7-3-6-15(10-17)18(14-4-1-2-5-14)23-19(24)16-11-20(12-16)8-9-22-13-20/h3,6-7,10,14,16,18,22H,1-2,4-5,8-9,11-13H2,(H,23,24)/t16?,18-,20?/m0/s1. The van der Waals surface area contributed by atoms with E-state index in [1.165, 1.54) is 37.7 Å². The lowest BCUT2D eigenvalue weighted by Crippen LogP contribution is -2.48. The third kappa shape index (κ3) is 3.21. The zero-order valence-electron chi connectivity index (χ0n) is 14.2. The Hall–Kier alpha value is -1.06. The van der Waals surface area contributed by atoms with Crippen LogP contribution in [0.1, 0.15) is 56.6 Å². The first-order valence-corrected chi connectivity index (χ1v) is 9.80. The summed E-state index contributed by atoms with van der Waals surface area (Å²) in [5.41, 5.74) is 1.58. The zero-order chi connectivity index (χ0) is 16.6. The number of hydrogen-bond acceptors (Lipinski definition) is 2. The lowest BCUT2D eigenvalue weighted by atomic mass is 9.61. The molecule has 24 heavy (non-hydrogen) atoms. The molecule has 1 aromatic carbocycles. The number of benzene rings is 1. The highest BCUT2D eigenvalue weighted by Crippen LogP contribution is 2.50. The summed E-state index contributed by atoms with van der Waals surface area (Å²) in [6, 6.07) is 8.15. The summed E-state index contributed by atoms with van der Waals surface area (Å²) in [7, 11) is 0. The fourth-order valence-electron chi connectivity index (χ4n) is 5.05. The summed E-state index contributed by atoms with van der Waals surface area (Å²) in [5, 5.41) is 7.59. The van der Waals surface area contributed by atoms with E-state index in [9.17, 15) is 4.79 Å². The van der Waals surface area contributed by atoms with Crippen molar-refractivity contribution in [3.05, 3.63) is 34.9 Å². The van der Waals surface area contributed by atoms with Crippen molar-refractivity contribution in [2.75, 3.05) is 13.1 Å². The molecule has 3 nitrogen and oxygen atoms in total. The van der Waals surface area contributed by atoms with Gasteiger partial charge in [0.05, 0.1) is 6.04 Å². The summed E-state index contributed by atoms with van der Waals surface area (Å²) in [5.74, 6) is 1.01. The normalized spacial score (nSPS) is 31.1. The van der Waals surface area contributed by atoms with Crippen LogP contribution in [-0.4, -0.2) is 19.0 Å². The lowest BCUT2D eigenvalue weighted by Gasteiger charge is -2.44. The third-order valence-electron chi connectivity index (χ3n) is 6.44. The molecular weight excluding hydrogens is 320 g/mol. The number of carbonyl (C=O) groups excluding carboxylic acids is 1. The van der Waals surface area contributed by atoms with Gasteiger partial charge in [0.25, 0.3) is 0 Å². The van der Waals surface area contributed by atoms with Crippen LogP contribution in [0.5, 0.6) is 0 Å². The van der Waals surface area contributed by atoms with Crippen LogP contribution >= 0.6 is 11.6 Å². The van der Waals surface area contributed by atoms with E-state index in [1.54, 1.807) is 0 Å². The number of nitrogens with one attached hydrogen (secondary N) is 2. The quantitative estimate of drug-likeness (QED) is 0.862. The molecular formula is C20H27ClN2O. The molecule has 1 amide bonds. The van der Waals surface area contributed by atoms with Crippen molar-refractivity contribution in [2.24, 2.45) is 17.3 Å². The highest BCUT2D eigenvalue weighted by atomic mass is 35.5. The molecule has 1 atom stereocenters. The smallest absolute Gasteiger partial charge is 0.223 e. The van der Waals surface area contributed by atoms with Crippen molar-refractivity contribution in [1.29, 1.82) is 0 Å². The molecule has 4 rings (SSSR count). The highest BCUT2D eigenvalue weighted by Gasteiger charge is 2.49. The van der Waals surface area contributed by atoms with Gasteiger partial charge in [0, 0.05) is 17.5 Å². The van der Waals surface area contributed by atoms with Gasteiger partial charge in [-0.2, -0.15) is 0 Å². The Morgan fingerprint density at radius 3 is 2.75 bits per heavy atom. The van der Waals surface area contributed by atoms with Gasteiger partial charge in [-0.05, 0) is 67.7 Å². The highest BCUT2D eigenvalue weighted by molar-refractivity contribution is 6.30. The zero-order valence-corrected chi connectivity index (χ0v) is 14.9. The van der Waals surface area contributed by atoms with Crippen LogP contribution in [0.3, 0.4) is 0 Å². The summed E-state index contributed by atoms with van der Waals surface area (Å²) in [6.45, 7) is 2.21. The molecule has 1 saturated heterocycles. The summed E-state index contributed by atoms with van der Waals surface area (Å²) >= 11 is 6.20. The van der Waals surface area contributed by atoms with Gasteiger partial charge in [-0.3, -0.25) is 4.79 Å². The van der Waals surface area contributed by atoms with Crippen molar-refractivity contribution < 1.29 is 4.79 Å². The Labute approximate surface area is 149 Å². The van der Waals surface area contributed by atoms with E-state index in [-0.39, 0.29) is 17.9 Å². The van der Waals surface area contributed by atoms with Gasteiger partial charge in [0.1, 0.15) is 0 Å². The van der Waals surface area contributed by atoms with Gasteiger partial charge < -0.3 is 10.6 Å². The van der Waals surface area contributed by atoms with Crippen LogP contribution in [-0.2, 0) is 4.79 Å². The van der Waals surface area contributed by atoms with Crippen molar-refractivity contribution in [2.45, 2.75) is 51.0 Å². The first-order chi connectivity index (χ1) is 11.7. The van der Waals surface area contributed by atoms with Crippen LogP contribution in [0.25, 0.3) is 0 Å². The monoisotopic (exact) mass is 346 g/mol. The van der Waals surface area contributed by atoms with Crippen molar-refractivity contribution in [3.63, 3.8) is 0 Å². The molecule has 3 fully saturated rings. The van der Waals surface area contributed by atoms with E-state index in [4.69, 9.17) is 11.6 Å². The topological polar surface area (TPSA) is 41.1 Å². The van der Waals surface area contributed by atoms with E-state index in [2.05, 4.69) is 16.7 Å². The second-order valence-electron chi connectivity index (χ2n) is 8.12. The number of amides is 1. The number of halogens is 1. The minimum absolute atomic E-state index is 0.122. The Morgan fingerprint density at radius 2 is 2.08 bits per heavy atom. The Kier molecular flexibility index (Phi) is 4.57. The average Bonchev–Trinajstić information content (AvgIpc) is 3.22. The molecule has 0 radical (unpaired) electrons. The van der Waals surface area contributed by atoms with Gasteiger partial charge in [-0.15, -0.1) is 0 Å². The lowest BCUT2D eigenvalue weighted by molar-refractivity contribution is -0.133.